The fraction of sp³-hybridized carbons (Fsp3) is 0.862. The van der Waals surface area contributed by atoms with Crippen molar-refractivity contribution in [2.75, 3.05) is 13.2 Å². The molecule has 0 aromatic heterocycles. The van der Waals surface area contributed by atoms with Crippen LogP contribution in [0.2, 0.25) is 0 Å². The first-order valence-corrected chi connectivity index (χ1v) is 28.8. The van der Waals surface area contributed by atoms with E-state index in [1.165, 1.54) is 128 Å². The Hall–Kier alpha value is -2.12. The van der Waals surface area contributed by atoms with Crippen LogP contribution in [0.3, 0.4) is 0 Å². The maximum absolute atomic E-state index is 13.4. The first-order valence-electron chi connectivity index (χ1n) is 28.8. The van der Waals surface area contributed by atoms with Crippen molar-refractivity contribution in [1.82, 2.24) is 5.32 Å². The molecule has 11 nitrogen and oxygen atoms in total. The van der Waals surface area contributed by atoms with Crippen molar-refractivity contribution >= 4 is 11.9 Å². The number of carbonyl (C=O) groups excluding carboxylic acids is 2. The molecular formula is C58H107NO10. The third-order valence-corrected chi connectivity index (χ3v) is 13.6. The van der Waals surface area contributed by atoms with Gasteiger partial charge in [0.2, 0.25) is 5.91 Å². The average molecular weight is 978 g/mol. The summed E-state index contributed by atoms with van der Waals surface area (Å²) in [7, 11) is 0. The van der Waals surface area contributed by atoms with E-state index in [1.807, 2.05) is 6.08 Å². The van der Waals surface area contributed by atoms with E-state index in [1.54, 1.807) is 6.08 Å². The number of rotatable bonds is 48. The van der Waals surface area contributed by atoms with Crippen molar-refractivity contribution in [2.45, 2.75) is 307 Å². The van der Waals surface area contributed by atoms with Gasteiger partial charge >= 0.3 is 5.97 Å². The molecule has 1 fully saturated rings. The van der Waals surface area contributed by atoms with E-state index in [0.717, 1.165) is 83.5 Å². The zero-order valence-electron chi connectivity index (χ0n) is 44.4. The van der Waals surface area contributed by atoms with E-state index < -0.39 is 67.4 Å². The summed E-state index contributed by atoms with van der Waals surface area (Å²) in [5, 5.41) is 56.8. The van der Waals surface area contributed by atoms with Gasteiger partial charge in [0.25, 0.3) is 0 Å². The van der Waals surface area contributed by atoms with Gasteiger partial charge < -0.3 is 45.1 Å². The van der Waals surface area contributed by atoms with Crippen LogP contribution in [0, 0.1) is 0 Å². The molecular weight excluding hydrogens is 871 g/mol. The van der Waals surface area contributed by atoms with Gasteiger partial charge in [-0.05, 0) is 51.4 Å². The van der Waals surface area contributed by atoms with E-state index in [-0.39, 0.29) is 13.0 Å². The number of aliphatic hydroxyl groups excluding tert-OH is 5. The molecule has 1 rings (SSSR count). The lowest BCUT2D eigenvalue weighted by Crippen LogP contribution is -2.61. The molecule has 1 aliphatic heterocycles. The van der Waals surface area contributed by atoms with Crippen LogP contribution in [0.4, 0.5) is 0 Å². The smallest absolute Gasteiger partial charge is 0.306 e. The highest BCUT2D eigenvalue weighted by Crippen LogP contribution is 2.26. The van der Waals surface area contributed by atoms with Crippen LogP contribution >= 0.6 is 0 Å². The predicted octanol–water partition coefficient (Wildman–Crippen LogP) is 12.7. The molecule has 0 radical (unpaired) electrons. The van der Waals surface area contributed by atoms with Gasteiger partial charge in [-0.1, -0.05) is 237 Å². The molecule has 1 heterocycles. The molecule has 0 aliphatic carbocycles. The summed E-state index contributed by atoms with van der Waals surface area (Å²) in [4.78, 5) is 26.4. The molecule has 8 atom stereocenters. The van der Waals surface area contributed by atoms with E-state index in [0.29, 0.717) is 19.3 Å². The molecule has 1 aliphatic rings. The number of hydrogen-bond donors (Lipinski definition) is 6. The van der Waals surface area contributed by atoms with Crippen LogP contribution in [-0.2, 0) is 23.8 Å². The van der Waals surface area contributed by atoms with Gasteiger partial charge in [-0.25, -0.2) is 0 Å². The highest BCUT2D eigenvalue weighted by Gasteiger charge is 2.47. The van der Waals surface area contributed by atoms with Gasteiger partial charge in [-0.2, -0.15) is 0 Å². The summed E-state index contributed by atoms with van der Waals surface area (Å²) in [6, 6.07) is -1.02. The van der Waals surface area contributed by atoms with Gasteiger partial charge in [0.1, 0.15) is 24.4 Å². The summed E-state index contributed by atoms with van der Waals surface area (Å²) < 4.78 is 17.6. The number of nitrogens with one attached hydrogen (secondary N) is 1. The van der Waals surface area contributed by atoms with Gasteiger partial charge in [0.05, 0.1) is 25.4 Å². The van der Waals surface area contributed by atoms with E-state index in [9.17, 15) is 35.1 Å². The minimum Gasteiger partial charge on any atom is -0.454 e. The van der Waals surface area contributed by atoms with Crippen molar-refractivity contribution in [1.29, 1.82) is 0 Å². The maximum atomic E-state index is 13.4. The summed E-state index contributed by atoms with van der Waals surface area (Å²) >= 11 is 0. The molecule has 0 bridgehead atoms. The quantitative estimate of drug-likeness (QED) is 0.0149. The first kappa shape index (κ1) is 64.9. The van der Waals surface area contributed by atoms with E-state index in [2.05, 4.69) is 50.4 Å². The second-order valence-electron chi connectivity index (χ2n) is 20.1. The average Bonchev–Trinajstić information content (AvgIpc) is 3.34. The standard InChI is InChI=1S/C58H107NO10/c1-4-7-10-13-16-19-22-25-26-28-31-34-37-40-43-46-53(63)69-56-55(65)54(64)52(47-60)68-58(56)67-48-49(50(61)44-41-38-35-32-30-27-23-20-17-14-11-8-5-2)59-57(66)51(62)45-42-39-36-33-29-24-21-18-15-12-9-6-3/h16,19,22,25,41,44,49-52,54-56,58,60-62,64-65H,4-15,17-18,20-21,23-24,26-40,42-43,45-48H2,1-3H3,(H,59,66)/b19-16+,25-22+,44-41+. The third kappa shape index (κ3) is 35.6. The van der Waals surface area contributed by atoms with Gasteiger partial charge in [0, 0.05) is 6.42 Å². The van der Waals surface area contributed by atoms with Gasteiger partial charge in [-0.15, -0.1) is 0 Å². The molecule has 1 amide bonds. The van der Waals surface area contributed by atoms with E-state index in [4.69, 9.17) is 14.2 Å². The lowest BCUT2D eigenvalue weighted by atomic mass is 9.99. The number of unbranched alkanes of at least 4 members (excludes halogenated alkanes) is 31. The number of amides is 1. The Balaban J connectivity index is 2.75. The normalized spacial score (nSPS) is 20.0. The topological polar surface area (TPSA) is 175 Å². The summed E-state index contributed by atoms with van der Waals surface area (Å²) in [6.45, 7) is 5.74. The Kier molecular flexibility index (Phi) is 44.1. The van der Waals surface area contributed by atoms with Crippen molar-refractivity contribution in [3.8, 4) is 0 Å². The van der Waals surface area contributed by atoms with Gasteiger partial charge in [-0.3, -0.25) is 9.59 Å². The fourth-order valence-electron chi connectivity index (χ4n) is 8.94. The van der Waals surface area contributed by atoms with Crippen LogP contribution in [0.1, 0.15) is 258 Å². The van der Waals surface area contributed by atoms with Crippen molar-refractivity contribution < 1.29 is 49.3 Å². The Morgan fingerprint density at radius 2 is 0.986 bits per heavy atom. The Labute approximate surface area is 422 Å². The highest BCUT2D eigenvalue weighted by atomic mass is 16.7. The zero-order valence-corrected chi connectivity index (χ0v) is 44.4. The van der Waals surface area contributed by atoms with Crippen LogP contribution in [0.25, 0.3) is 0 Å². The first-order chi connectivity index (χ1) is 33.7. The molecule has 6 N–H and O–H groups in total. The van der Waals surface area contributed by atoms with Crippen LogP contribution < -0.4 is 5.32 Å². The van der Waals surface area contributed by atoms with E-state index >= 15 is 0 Å². The molecule has 69 heavy (non-hydrogen) atoms. The number of allylic oxidation sites excluding steroid dienone is 5. The molecule has 0 aromatic rings. The Morgan fingerprint density at radius 1 is 0.565 bits per heavy atom. The SMILES string of the molecule is CCCCC/C=C/C=C/CCCCCCCCC(=O)OC1C(OCC(NC(=O)C(O)CCCCCCCCCCCCCC)C(O)/C=C/CCCCCCCCCCCCC)OC(CO)C(O)C1O. The Bertz CT molecular complexity index is 1260. The van der Waals surface area contributed by atoms with Crippen molar-refractivity contribution in [2.24, 2.45) is 0 Å². The van der Waals surface area contributed by atoms with Gasteiger partial charge in [0.15, 0.2) is 12.4 Å². The second-order valence-corrected chi connectivity index (χ2v) is 20.1. The summed E-state index contributed by atoms with van der Waals surface area (Å²) in [5.41, 5.74) is 0. The largest absolute Gasteiger partial charge is 0.454 e. The fourth-order valence-corrected chi connectivity index (χ4v) is 8.94. The second kappa shape index (κ2) is 46.9. The molecule has 1 saturated heterocycles. The number of carbonyl (C=O) groups is 2. The molecule has 0 spiro atoms. The number of hydrogen-bond acceptors (Lipinski definition) is 10. The van der Waals surface area contributed by atoms with Crippen LogP contribution in [0.5, 0.6) is 0 Å². The van der Waals surface area contributed by atoms with Crippen molar-refractivity contribution in [3.05, 3.63) is 36.5 Å². The number of aliphatic hydroxyl groups is 5. The highest BCUT2D eigenvalue weighted by molar-refractivity contribution is 5.80. The lowest BCUT2D eigenvalue weighted by Gasteiger charge is -2.41. The predicted molar refractivity (Wildman–Crippen MR) is 283 cm³/mol. The summed E-state index contributed by atoms with van der Waals surface area (Å²) in [5.74, 6) is -1.20. The lowest BCUT2D eigenvalue weighted by molar-refractivity contribution is -0.305. The minimum absolute atomic E-state index is 0.112. The zero-order chi connectivity index (χ0) is 50.4. The summed E-state index contributed by atoms with van der Waals surface area (Å²) in [6.07, 6.45) is 43.2. The minimum atomic E-state index is -1.61. The maximum Gasteiger partial charge on any atom is 0.306 e. The van der Waals surface area contributed by atoms with Crippen LogP contribution in [-0.4, -0.2) is 99.6 Å². The monoisotopic (exact) mass is 978 g/mol. The molecule has 0 aromatic carbocycles. The molecule has 11 heteroatoms. The Morgan fingerprint density at radius 3 is 1.48 bits per heavy atom. The molecule has 404 valence electrons. The number of ether oxygens (including phenoxy) is 3. The third-order valence-electron chi connectivity index (χ3n) is 13.6. The number of esters is 1. The molecule has 8 unspecified atom stereocenters. The van der Waals surface area contributed by atoms with Crippen LogP contribution in [0.15, 0.2) is 36.5 Å². The molecule has 0 saturated carbocycles. The van der Waals surface area contributed by atoms with Crippen molar-refractivity contribution in [3.63, 3.8) is 0 Å².